The topological polar surface area (TPSA) is 55.3 Å². The molecule has 10 aromatic rings. The van der Waals surface area contributed by atoms with Crippen LogP contribution >= 0.6 is 0 Å². The molecule has 4 aromatic heterocycles. The van der Waals surface area contributed by atoms with Crippen molar-refractivity contribution in [2.45, 2.75) is 0 Å². The minimum atomic E-state index is 0.605. The number of pyridine rings is 2. The highest BCUT2D eigenvalue weighted by Crippen LogP contribution is 2.44. The third-order valence-corrected chi connectivity index (χ3v) is 8.93. The highest BCUT2D eigenvalue weighted by molar-refractivity contribution is 6.21. The van der Waals surface area contributed by atoms with E-state index in [2.05, 4.69) is 106 Å². The summed E-state index contributed by atoms with van der Waals surface area (Å²) in [6.45, 7) is 0. The Morgan fingerprint density at radius 3 is 2.13 bits per heavy atom. The number of furan rings is 2. The van der Waals surface area contributed by atoms with Gasteiger partial charge in [0.2, 0.25) is 5.71 Å². The summed E-state index contributed by atoms with van der Waals surface area (Å²) < 4.78 is 12.4. The lowest BCUT2D eigenvalue weighted by Crippen LogP contribution is -2.10. The fraction of sp³-hybridized carbons (Fsp3) is 0. The van der Waals surface area contributed by atoms with Gasteiger partial charge >= 0.3 is 0 Å². The molecular weight excluding hydrogens is 554 g/mol. The molecule has 0 aliphatic rings. The SMILES string of the molecule is c1ccc2c(c1)ccc1ccc3cc(N(c4ccc5oc6cccnc6c5c4)c4ccnc5oc6ccccc6c45)ccc3c12. The Morgan fingerprint density at radius 2 is 1.18 bits per heavy atom. The van der Waals surface area contributed by atoms with Crippen LogP contribution in [0.25, 0.3) is 76.5 Å². The molecule has 0 N–H and O–H groups in total. The quantitative estimate of drug-likeness (QED) is 0.196. The second kappa shape index (κ2) is 9.15. The van der Waals surface area contributed by atoms with Crippen molar-refractivity contribution in [1.29, 1.82) is 0 Å². The average Bonchev–Trinajstić information content (AvgIpc) is 3.66. The van der Waals surface area contributed by atoms with Gasteiger partial charge in [0.25, 0.3) is 0 Å². The number of nitrogens with zero attached hydrogens (tertiary/aromatic N) is 3. The van der Waals surface area contributed by atoms with Gasteiger partial charge in [-0.3, -0.25) is 4.98 Å². The molecule has 0 saturated carbocycles. The van der Waals surface area contributed by atoms with Crippen LogP contribution in [-0.2, 0) is 0 Å². The third kappa shape index (κ3) is 3.55. The summed E-state index contributed by atoms with van der Waals surface area (Å²) in [5, 5.41) is 10.4. The van der Waals surface area contributed by atoms with E-state index in [-0.39, 0.29) is 0 Å². The van der Waals surface area contributed by atoms with Crippen LogP contribution in [0.5, 0.6) is 0 Å². The molecule has 0 unspecified atom stereocenters. The fourth-order valence-electron chi connectivity index (χ4n) is 6.93. The minimum Gasteiger partial charge on any atom is -0.454 e. The molecular formula is C40H23N3O2. The van der Waals surface area contributed by atoms with Crippen molar-refractivity contribution in [3.8, 4) is 0 Å². The van der Waals surface area contributed by atoms with Gasteiger partial charge in [0, 0.05) is 34.5 Å². The molecule has 210 valence electrons. The van der Waals surface area contributed by atoms with Gasteiger partial charge in [-0.15, -0.1) is 0 Å². The van der Waals surface area contributed by atoms with E-state index in [1.54, 1.807) is 0 Å². The van der Waals surface area contributed by atoms with Crippen molar-refractivity contribution in [3.05, 3.63) is 140 Å². The first-order valence-electron chi connectivity index (χ1n) is 15.0. The van der Waals surface area contributed by atoms with Crippen LogP contribution in [0.4, 0.5) is 17.1 Å². The Hall–Kier alpha value is -6.20. The lowest BCUT2D eigenvalue weighted by Gasteiger charge is -2.26. The number of benzene rings is 6. The molecule has 0 fully saturated rings. The van der Waals surface area contributed by atoms with Gasteiger partial charge in [-0.2, -0.15) is 0 Å². The zero-order valence-electron chi connectivity index (χ0n) is 23.9. The monoisotopic (exact) mass is 577 g/mol. The van der Waals surface area contributed by atoms with E-state index in [0.717, 1.165) is 55.5 Å². The molecule has 0 atom stereocenters. The first-order valence-corrected chi connectivity index (χ1v) is 15.0. The zero-order chi connectivity index (χ0) is 29.5. The first-order chi connectivity index (χ1) is 22.3. The van der Waals surface area contributed by atoms with Crippen LogP contribution in [0.1, 0.15) is 0 Å². The van der Waals surface area contributed by atoms with E-state index in [4.69, 9.17) is 8.83 Å². The van der Waals surface area contributed by atoms with E-state index in [0.29, 0.717) is 5.71 Å². The van der Waals surface area contributed by atoms with Gasteiger partial charge in [-0.25, -0.2) is 4.98 Å². The summed E-state index contributed by atoms with van der Waals surface area (Å²) >= 11 is 0. The second-order valence-corrected chi connectivity index (χ2v) is 11.4. The van der Waals surface area contributed by atoms with Gasteiger partial charge in [0.15, 0.2) is 5.58 Å². The summed E-state index contributed by atoms with van der Waals surface area (Å²) in [6, 6.07) is 44.6. The highest BCUT2D eigenvalue weighted by atomic mass is 16.3. The van der Waals surface area contributed by atoms with Gasteiger partial charge in [-0.05, 0) is 86.9 Å². The molecule has 0 spiro atoms. The molecule has 45 heavy (non-hydrogen) atoms. The molecule has 5 heteroatoms. The van der Waals surface area contributed by atoms with E-state index in [1.807, 2.05) is 48.8 Å². The first kappa shape index (κ1) is 24.3. The fourth-order valence-corrected chi connectivity index (χ4v) is 6.93. The van der Waals surface area contributed by atoms with Crippen LogP contribution in [0.3, 0.4) is 0 Å². The maximum absolute atomic E-state index is 6.23. The normalized spacial score (nSPS) is 12.0. The maximum atomic E-state index is 6.23. The Morgan fingerprint density at radius 1 is 0.444 bits per heavy atom. The number of para-hydroxylation sites is 1. The van der Waals surface area contributed by atoms with Gasteiger partial charge in [0.1, 0.15) is 16.7 Å². The molecule has 0 aliphatic carbocycles. The van der Waals surface area contributed by atoms with Crippen molar-refractivity contribution >= 4 is 93.5 Å². The maximum Gasteiger partial charge on any atom is 0.229 e. The Bertz CT molecular complexity index is 2790. The van der Waals surface area contributed by atoms with Crippen LogP contribution in [0.15, 0.2) is 149 Å². The number of anilines is 3. The Kier molecular flexibility index (Phi) is 4.93. The molecule has 0 saturated heterocycles. The molecule has 0 bridgehead atoms. The number of fused-ring (bicyclic) bond motifs is 11. The average molecular weight is 578 g/mol. The van der Waals surface area contributed by atoms with Crippen molar-refractivity contribution in [1.82, 2.24) is 9.97 Å². The molecule has 6 aromatic carbocycles. The van der Waals surface area contributed by atoms with E-state index in [9.17, 15) is 0 Å². The van der Waals surface area contributed by atoms with Crippen molar-refractivity contribution < 1.29 is 8.83 Å². The van der Waals surface area contributed by atoms with E-state index < -0.39 is 0 Å². The number of hydrogen-bond donors (Lipinski definition) is 0. The summed E-state index contributed by atoms with van der Waals surface area (Å²) in [5.41, 5.74) is 6.83. The lowest BCUT2D eigenvalue weighted by molar-refractivity contribution is 0.654. The zero-order valence-corrected chi connectivity index (χ0v) is 23.9. The molecule has 10 rings (SSSR count). The summed E-state index contributed by atoms with van der Waals surface area (Å²) in [7, 11) is 0. The number of hydrogen-bond acceptors (Lipinski definition) is 5. The smallest absolute Gasteiger partial charge is 0.229 e. The predicted molar refractivity (Wildman–Crippen MR) is 184 cm³/mol. The molecule has 5 nitrogen and oxygen atoms in total. The lowest BCUT2D eigenvalue weighted by atomic mass is 9.96. The molecule has 0 amide bonds. The standard InChI is InChI=1S/C40H23N3O2/c1-2-7-29-24(6-1)11-12-25-13-14-26-22-27(15-17-30(26)37(25)29)43(28-16-18-35-32(23-28)39-36(44-35)10-5-20-41-39)33-19-21-42-40-38(33)31-8-3-4-9-34(31)45-40/h1-23H. The van der Waals surface area contributed by atoms with Gasteiger partial charge in [-0.1, -0.05) is 72.8 Å². The Balaban J connectivity index is 1.27. The molecule has 4 heterocycles. The van der Waals surface area contributed by atoms with Crippen LogP contribution < -0.4 is 4.90 Å². The van der Waals surface area contributed by atoms with E-state index in [1.165, 1.54) is 32.3 Å². The van der Waals surface area contributed by atoms with Gasteiger partial charge < -0.3 is 13.7 Å². The molecule has 0 aliphatic heterocycles. The minimum absolute atomic E-state index is 0.605. The van der Waals surface area contributed by atoms with Crippen LogP contribution in [0, 0.1) is 0 Å². The summed E-state index contributed by atoms with van der Waals surface area (Å²) in [4.78, 5) is 11.6. The largest absolute Gasteiger partial charge is 0.454 e. The second-order valence-electron chi connectivity index (χ2n) is 11.4. The van der Waals surface area contributed by atoms with Crippen LogP contribution in [-0.4, -0.2) is 9.97 Å². The number of aromatic nitrogens is 2. The Labute approximate surface area is 256 Å². The van der Waals surface area contributed by atoms with Crippen molar-refractivity contribution in [2.24, 2.45) is 0 Å². The van der Waals surface area contributed by atoms with E-state index >= 15 is 0 Å². The highest BCUT2D eigenvalue weighted by Gasteiger charge is 2.22. The third-order valence-electron chi connectivity index (χ3n) is 8.93. The summed E-state index contributed by atoms with van der Waals surface area (Å²) in [5.74, 6) is 0. The van der Waals surface area contributed by atoms with Crippen LogP contribution in [0.2, 0.25) is 0 Å². The van der Waals surface area contributed by atoms with Crippen molar-refractivity contribution in [3.63, 3.8) is 0 Å². The van der Waals surface area contributed by atoms with Gasteiger partial charge in [0.05, 0.1) is 11.1 Å². The number of rotatable bonds is 3. The summed E-state index contributed by atoms with van der Waals surface area (Å²) in [6.07, 6.45) is 3.63. The predicted octanol–water partition coefficient (Wildman–Crippen LogP) is 11.2. The molecule has 0 radical (unpaired) electrons. The van der Waals surface area contributed by atoms with Crippen molar-refractivity contribution in [2.75, 3.05) is 4.90 Å².